The predicted molar refractivity (Wildman–Crippen MR) is 141 cm³/mol. The van der Waals surface area contributed by atoms with E-state index in [1.807, 2.05) is 6.20 Å². The van der Waals surface area contributed by atoms with Crippen LogP contribution in [0, 0.1) is 0 Å². The number of carbonyl (C=O) groups is 1. The summed E-state index contributed by atoms with van der Waals surface area (Å²) in [5.41, 5.74) is 5.73. The summed E-state index contributed by atoms with van der Waals surface area (Å²) in [5, 5.41) is 9.27. The van der Waals surface area contributed by atoms with E-state index in [1.165, 1.54) is 103 Å². The Bertz CT molecular complexity index is 586. The third-order valence-corrected chi connectivity index (χ3v) is 6.70. The highest BCUT2D eigenvalue weighted by Gasteiger charge is 2.36. The third-order valence-electron chi connectivity index (χ3n) is 6.70. The lowest BCUT2D eigenvalue weighted by molar-refractivity contribution is -0.778. The molecule has 0 amide bonds. The molecule has 5 heteroatoms. The minimum Gasteiger partial charge on any atom is -0.477 e. The van der Waals surface area contributed by atoms with Gasteiger partial charge in [0.1, 0.15) is 12.7 Å². The number of nitrogens with zero attached hydrogens (tertiary/aromatic N) is 2. The molecule has 0 aromatic rings. The summed E-state index contributed by atoms with van der Waals surface area (Å²) >= 11 is 0. The van der Waals surface area contributed by atoms with Crippen LogP contribution in [-0.4, -0.2) is 41.0 Å². The van der Waals surface area contributed by atoms with E-state index in [0.717, 1.165) is 18.7 Å². The van der Waals surface area contributed by atoms with Crippen molar-refractivity contribution in [2.75, 3.05) is 19.6 Å². The molecule has 1 aliphatic heterocycles. The van der Waals surface area contributed by atoms with Gasteiger partial charge in [-0.15, -0.1) is 0 Å². The smallest absolute Gasteiger partial charge is 0.360 e. The molecule has 3 N–H and O–H groups in total. The standard InChI is InChI=1S/C28H51N3O2/c1-2-3-4-5-6-7-8-9-10-11-12-13-14-15-16-17-18-19-20-21-27-30-23-25-31(27,24-22-29)26-28(32)33/h13-14,23,25H,2-12,15-22,24,26,29H2,1H3/p+1/b14-13+. The number of hydrogen-bond acceptors (Lipinski definition) is 3. The highest BCUT2D eigenvalue weighted by atomic mass is 16.4. The zero-order valence-corrected chi connectivity index (χ0v) is 21.5. The molecule has 5 nitrogen and oxygen atoms in total. The van der Waals surface area contributed by atoms with E-state index in [0.29, 0.717) is 17.6 Å². The summed E-state index contributed by atoms with van der Waals surface area (Å²) in [6.45, 7) is 3.39. The molecule has 33 heavy (non-hydrogen) atoms. The SMILES string of the molecule is CCCCCCCCCCCC/C=C/CCCCCCCC1=NC=C[N+]1(CCN)CC(=O)O. The van der Waals surface area contributed by atoms with Gasteiger partial charge in [0.25, 0.3) is 0 Å². The van der Waals surface area contributed by atoms with Gasteiger partial charge in [0, 0.05) is 13.0 Å². The van der Waals surface area contributed by atoms with Crippen molar-refractivity contribution in [2.45, 2.75) is 122 Å². The lowest BCUT2D eigenvalue weighted by Gasteiger charge is -2.30. The van der Waals surface area contributed by atoms with Crippen molar-refractivity contribution in [1.29, 1.82) is 0 Å². The first-order chi connectivity index (χ1) is 16.1. The Kier molecular flexibility index (Phi) is 17.9. The molecule has 1 heterocycles. The van der Waals surface area contributed by atoms with Gasteiger partial charge in [0.2, 0.25) is 5.84 Å². The summed E-state index contributed by atoms with van der Waals surface area (Å²) in [6, 6.07) is 0. The van der Waals surface area contributed by atoms with Crippen molar-refractivity contribution in [2.24, 2.45) is 10.7 Å². The molecule has 1 rings (SSSR count). The molecule has 0 spiro atoms. The minimum atomic E-state index is -0.802. The van der Waals surface area contributed by atoms with E-state index in [9.17, 15) is 9.90 Å². The van der Waals surface area contributed by atoms with Gasteiger partial charge in [-0.3, -0.25) is 0 Å². The minimum absolute atomic E-state index is 0.0397. The van der Waals surface area contributed by atoms with Crippen molar-refractivity contribution >= 4 is 11.8 Å². The number of hydrogen-bond donors (Lipinski definition) is 2. The van der Waals surface area contributed by atoms with Crippen LogP contribution in [-0.2, 0) is 4.79 Å². The average Bonchev–Trinajstić information content (AvgIpc) is 3.16. The van der Waals surface area contributed by atoms with Gasteiger partial charge in [0.05, 0.1) is 6.20 Å². The topological polar surface area (TPSA) is 75.7 Å². The van der Waals surface area contributed by atoms with Crippen LogP contribution in [0.4, 0.5) is 0 Å². The summed E-state index contributed by atoms with van der Waals surface area (Å²) < 4.78 is 0.301. The number of nitrogens with two attached hydrogens (primary N) is 1. The molecule has 0 bridgehead atoms. The largest absolute Gasteiger partial charge is 0.477 e. The lowest BCUT2D eigenvalue weighted by atomic mass is 10.1. The van der Waals surface area contributed by atoms with Crippen molar-refractivity contribution in [3.05, 3.63) is 24.6 Å². The number of carboxylic acid groups (broad SMARTS) is 1. The van der Waals surface area contributed by atoms with Crippen LogP contribution >= 0.6 is 0 Å². The summed E-state index contributed by atoms with van der Waals surface area (Å²) in [5.74, 6) is 0.154. The van der Waals surface area contributed by atoms with Crippen molar-refractivity contribution in [1.82, 2.24) is 0 Å². The Morgan fingerprint density at radius 3 is 1.91 bits per heavy atom. The number of aliphatic carboxylic acids is 1. The second-order valence-corrected chi connectivity index (χ2v) is 9.69. The van der Waals surface area contributed by atoms with Gasteiger partial charge in [0.15, 0.2) is 6.54 Å². The van der Waals surface area contributed by atoms with Crippen LogP contribution in [0.3, 0.4) is 0 Å². The van der Waals surface area contributed by atoms with Gasteiger partial charge in [-0.2, -0.15) is 0 Å². The van der Waals surface area contributed by atoms with E-state index in [-0.39, 0.29) is 6.54 Å². The molecule has 1 atom stereocenters. The molecule has 0 radical (unpaired) electrons. The molecule has 0 aliphatic carbocycles. The number of carboxylic acids is 1. The normalized spacial score (nSPS) is 17.8. The fraction of sp³-hybridized carbons (Fsp3) is 0.786. The summed E-state index contributed by atoms with van der Waals surface area (Å²) in [4.78, 5) is 15.7. The molecule has 1 unspecified atom stereocenters. The second-order valence-electron chi connectivity index (χ2n) is 9.69. The third kappa shape index (κ3) is 14.4. The van der Waals surface area contributed by atoms with E-state index < -0.39 is 5.97 Å². The first-order valence-electron chi connectivity index (χ1n) is 13.8. The highest BCUT2D eigenvalue weighted by Crippen LogP contribution is 2.21. The van der Waals surface area contributed by atoms with E-state index in [2.05, 4.69) is 24.1 Å². The van der Waals surface area contributed by atoms with Crippen LogP contribution in [0.2, 0.25) is 0 Å². The van der Waals surface area contributed by atoms with Gasteiger partial charge >= 0.3 is 5.97 Å². The van der Waals surface area contributed by atoms with Gasteiger partial charge in [-0.1, -0.05) is 96.1 Å². The Morgan fingerprint density at radius 1 is 0.879 bits per heavy atom. The maximum Gasteiger partial charge on any atom is 0.360 e. The molecular weight excluding hydrogens is 410 g/mol. The maximum absolute atomic E-state index is 11.3. The summed E-state index contributed by atoms with van der Waals surface area (Å²) in [7, 11) is 0. The Labute approximate surface area is 203 Å². The average molecular weight is 463 g/mol. The Balaban J connectivity index is 1.94. The fourth-order valence-corrected chi connectivity index (χ4v) is 4.69. The van der Waals surface area contributed by atoms with E-state index >= 15 is 0 Å². The first kappa shape index (κ1) is 29.6. The van der Waals surface area contributed by atoms with Gasteiger partial charge in [-0.25, -0.2) is 14.3 Å². The van der Waals surface area contributed by atoms with Crippen LogP contribution in [0.15, 0.2) is 29.5 Å². The van der Waals surface area contributed by atoms with E-state index in [1.54, 1.807) is 6.20 Å². The van der Waals surface area contributed by atoms with Crippen LogP contribution in [0.5, 0.6) is 0 Å². The molecule has 0 aromatic heterocycles. The monoisotopic (exact) mass is 462 g/mol. The number of amidine groups is 1. The zero-order valence-electron chi connectivity index (χ0n) is 21.5. The molecule has 1 aliphatic rings. The maximum atomic E-state index is 11.3. The van der Waals surface area contributed by atoms with Crippen LogP contribution < -0.4 is 5.73 Å². The number of allylic oxidation sites excluding steroid dienone is 2. The number of aliphatic imine (C=N–C) groups is 1. The molecule has 0 fully saturated rings. The molecule has 0 aromatic carbocycles. The Morgan fingerprint density at radius 2 is 1.39 bits per heavy atom. The van der Waals surface area contributed by atoms with Crippen molar-refractivity contribution in [3.8, 4) is 0 Å². The van der Waals surface area contributed by atoms with Gasteiger partial charge < -0.3 is 10.8 Å². The van der Waals surface area contributed by atoms with E-state index in [4.69, 9.17) is 5.73 Å². The molecule has 190 valence electrons. The lowest BCUT2D eigenvalue weighted by Crippen LogP contribution is -2.52. The Hall–Kier alpha value is -1.46. The van der Waals surface area contributed by atoms with Crippen LogP contribution in [0.25, 0.3) is 0 Å². The summed E-state index contributed by atoms with van der Waals surface area (Å²) in [6.07, 6.45) is 31.8. The molecule has 0 saturated carbocycles. The second kappa shape index (κ2) is 20.0. The zero-order chi connectivity index (χ0) is 24.0. The highest BCUT2D eigenvalue weighted by molar-refractivity contribution is 5.81. The number of quaternary nitrogens is 1. The van der Waals surface area contributed by atoms with Crippen molar-refractivity contribution < 1.29 is 14.4 Å². The molecule has 0 saturated heterocycles. The van der Waals surface area contributed by atoms with Gasteiger partial charge in [-0.05, 0) is 32.1 Å². The number of unbranched alkanes of at least 4 members (excludes halogenated alkanes) is 15. The van der Waals surface area contributed by atoms with Crippen LogP contribution in [0.1, 0.15) is 122 Å². The fourth-order valence-electron chi connectivity index (χ4n) is 4.69. The molecular formula is C28H52N3O2+. The first-order valence-corrected chi connectivity index (χ1v) is 13.8. The quantitative estimate of drug-likeness (QED) is 0.0948. The number of rotatable bonds is 23. The predicted octanol–water partition coefficient (Wildman–Crippen LogP) is 7.33. The van der Waals surface area contributed by atoms with Crippen molar-refractivity contribution in [3.63, 3.8) is 0 Å².